The summed E-state index contributed by atoms with van der Waals surface area (Å²) in [7, 11) is 1.53. The van der Waals surface area contributed by atoms with Crippen LogP contribution in [0.3, 0.4) is 0 Å². The Bertz CT molecular complexity index is 620. The van der Waals surface area contributed by atoms with Gasteiger partial charge in [0.05, 0.1) is 5.69 Å². The van der Waals surface area contributed by atoms with E-state index in [2.05, 4.69) is 15.3 Å². The molecule has 1 N–H and O–H groups in total. The zero-order valence-corrected chi connectivity index (χ0v) is 12.0. The molecule has 0 spiro atoms. The van der Waals surface area contributed by atoms with E-state index in [1.807, 2.05) is 6.92 Å². The Hall–Kier alpha value is -2.08. The number of nitrogens with one attached hydrogen (secondary N) is 1. The third-order valence-electron chi connectivity index (χ3n) is 2.83. The Kier molecular flexibility index (Phi) is 5.16. The summed E-state index contributed by atoms with van der Waals surface area (Å²) in [5, 5.41) is 3.11. The lowest BCUT2D eigenvalue weighted by molar-refractivity contribution is 0.178. The smallest absolute Gasteiger partial charge is 0.168 e. The maximum Gasteiger partial charge on any atom is 0.168 e. The number of methoxy groups -OCH3 is 1. The molecule has 0 aliphatic heterocycles. The van der Waals surface area contributed by atoms with Crippen molar-refractivity contribution in [2.75, 3.05) is 19.0 Å². The molecule has 6 heteroatoms. The summed E-state index contributed by atoms with van der Waals surface area (Å²) >= 11 is 0. The molecule has 112 valence electrons. The van der Waals surface area contributed by atoms with Crippen LogP contribution < -0.4 is 5.32 Å². The third-order valence-corrected chi connectivity index (χ3v) is 2.83. The van der Waals surface area contributed by atoms with Gasteiger partial charge in [-0.1, -0.05) is 13.0 Å². The van der Waals surface area contributed by atoms with Gasteiger partial charge >= 0.3 is 0 Å². The quantitative estimate of drug-likeness (QED) is 0.887. The van der Waals surface area contributed by atoms with Gasteiger partial charge in [0.25, 0.3) is 0 Å². The molecule has 0 saturated heterocycles. The van der Waals surface area contributed by atoms with Crippen LogP contribution >= 0.6 is 0 Å². The van der Waals surface area contributed by atoms with Gasteiger partial charge in [-0.3, -0.25) is 0 Å². The van der Waals surface area contributed by atoms with Crippen molar-refractivity contribution in [1.82, 2.24) is 9.97 Å². The summed E-state index contributed by atoms with van der Waals surface area (Å²) in [5.74, 6) is -0.835. The number of ether oxygens (including phenoxy) is 1. The van der Waals surface area contributed by atoms with Crippen LogP contribution in [0.4, 0.5) is 14.6 Å². The summed E-state index contributed by atoms with van der Waals surface area (Å²) in [6.45, 7) is 2.96. The SMILES string of the molecule is CCCNc1cc(-c2cccc(F)c2F)nc(COC)n1. The van der Waals surface area contributed by atoms with Crippen molar-refractivity contribution in [3.05, 3.63) is 41.7 Å². The molecule has 1 heterocycles. The van der Waals surface area contributed by atoms with Crippen LogP contribution in [0.5, 0.6) is 0 Å². The van der Waals surface area contributed by atoms with Gasteiger partial charge < -0.3 is 10.1 Å². The van der Waals surface area contributed by atoms with Gasteiger partial charge in [-0.15, -0.1) is 0 Å². The van der Waals surface area contributed by atoms with E-state index in [1.54, 1.807) is 6.07 Å². The fraction of sp³-hybridized carbons (Fsp3) is 0.333. The van der Waals surface area contributed by atoms with Crippen molar-refractivity contribution >= 4 is 5.82 Å². The van der Waals surface area contributed by atoms with Crippen LogP contribution in [0.15, 0.2) is 24.3 Å². The highest BCUT2D eigenvalue weighted by molar-refractivity contribution is 5.63. The second-order valence-electron chi connectivity index (χ2n) is 4.52. The third kappa shape index (κ3) is 3.72. The van der Waals surface area contributed by atoms with E-state index in [1.165, 1.54) is 19.2 Å². The zero-order valence-electron chi connectivity index (χ0n) is 12.0. The molecule has 0 fully saturated rings. The van der Waals surface area contributed by atoms with Gasteiger partial charge in [-0.25, -0.2) is 18.7 Å². The van der Waals surface area contributed by atoms with Gasteiger partial charge in [0.15, 0.2) is 17.5 Å². The summed E-state index contributed by atoms with van der Waals surface area (Å²) in [5.41, 5.74) is 0.432. The predicted octanol–water partition coefficient (Wildman–Crippen LogP) is 3.39. The van der Waals surface area contributed by atoms with Crippen molar-refractivity contribution in [2.45, 2.75) is 20.0 Å². The lowest BCUT2D eigenvalue weighted by Gasteiger charge is -2.10. The fourth-order valence-corrected chi connectivity index (χ4v) is 1.87. The number of benzene rings is 1. The van der Waals surface area contributed by atoms with Crippen molar-refractivity contribution in [3.8, 4) is 11.3 Å². The minimum atomic E-state index is -0.916. The second-order valence-corrected chi connectivity index (χ2v) is 4.52. The first-order valence-electron chi connectivity index (χ1n) is 6.70. The van der Waals surface area contributed by atoms with E-state index in [9.17, 15) is 8.78 Å². The Morgan fingerprint density at radius 3 is 2.76 bits per heavy atom. The van der Waals surface area contributed by atoms with Gasteiger partial charge in [0.2, 0.25) is 0 Å². The predicted molar refractivity (Wildman–Crippen MR) is 76.9 cm³/mol. The molecule has 0 unspecified atom stereocenters. The minimum Gasteiger partial charge on any atom is -0.377 e. The number of hydrogen-bond acceptors (Lipinski definition) is 4. The first-order chi connectivity index (χ1) is 10.2. The van der Waals surface area contributed by atoms with Crippen LogP contribution in [0.25, 0.3) is 11.3 Å². The van der Waals surface area contributed by atoms with Crippen molar-refractivity contribution < 1.29 is 13.5 Å². The molecule has 0 amide bonds. The fourth-order valence-electron chi connectivity index (χ4n) is 1.87. The largest absolute Gasteiger partial charge is 0.377 e. The number of nitrogens with zero attached hydrogens (tertiary/aromatic N) is 2. The monoisotopic (exact) mass is 293 g/mol. The molecule has 0 radical (unpaired) electrons. The van der Waals surface area contributed by atoms with Crippen molar-refractivity contribution in [3.63, 3.8) is 0 Å². The Balaban J connectivity index is 2.45. The van der Waals surface area contributed by atoms with E-state index in [0.717, 1.165) is 19.0 Å². The Morgan fingerprint density at radius 2 is 2.05 bits per heavy atom. The number of halogens is 2. The van der Waals surface area contributed by atoms with E-state index in [4.69, 9.17) is 4.74 Å². The zero-order chi connectivity index (χ0) is 15.2. The molecular formula is C15H17F2N3O. The topological polar surface area (TPSA) is 47.0 Å². The summed E-state index contributed by atoms with van der Waals surface area (Å²) in [6.07, 6.45) is 0.924. The van der Waals surface area contributed by atoms with Gasteiger partial charge in [0, 0.05) is 25.3 Å². The molecule has 21 heavy (non-hydrogen) atoms. The van der Waals surface area contributed by atoms with Gasteiger partial charge in [-0.2, -0.15) is 0 Å². The average molecular weight is 293 g/mol. The first kappa shape index (κ1) is 15.3. The van der Waals surface area contributed by atoms with Crippen LogP contribution in [0.2, 0.25) is 0 Å². The molecule has 1 aromatic carbocycles. The highest BCUT2D eigenvalue weighted by atomic mass is 19.2. The lowest BCUT2D eigenvalue weighted by Crippen LogP contribution is -2.07. The summed E-state index contributed by atoms with van der Waals surface area (Å²) in [6, 6.07) is 5.62. The van der Waals surface area contributed by atoms with Crippen molar-refractivity contribution in [1.29, 1.82) is 0 Å². The molecule has 0 saturated carbocycles. The van der Waals surface area contributed by atoms with Crippen LogP contribution in [-0.2, 0) is 11.3 Å². The standard InChI is InChI=1S/C15H17F2N3O/c1-3-7-18-13-8-12(19-14(20-13)9-21-2)10-5-4-6-11(16)15(10)17/h4-6,8H,3,7,9H2,1-2H3,(H,18,19,20). The number of hydrogen-bond donors (Lipinski definition) is 1. The highest BCUT2D eigenvalue weighted by Gasteiger charge is 2.13. The van der Waals surface area contributed by atoms with Crippen molar-refractivity contribution in [2.24, 2.45) is 0 Å². The summed E-state index contributed by atoms with van der Waals surface area (Å²) in [4.78, 5) is 8.50. The molecule has 0 atom stereocenters. The second kappa shape index (κ2) is 7.08. The molecule has 2 aromatic rings. The molecule has 0 bridgehead atoms. The molecule has 1 aromatic heterocycles. The number of anilines is 1. The molecule has 0 aliphatic carbocycles. The van der Waals surface area contributed by atoms with E-state index < -0.39 is 11.6 Å². The van der Waals surface area contributed by atoms with Crippen LogP contribution in [-0.4, -0.2) is 23.6 Å². The minimum absolute atomic E-state index is 0.106. The maximum absolute atomic E-state index is 13.9. The van der Waals surface area contributed by atoms with Crippen LogP contribution in [0.1, 0.15) is 19.2 Å². The van der Waals surface area contributed by atoms with Crippen LogP contribution in [0, 0.1) is 11.6 Å². The van der Waals surface area contributed by atoms with Gasteiger partial charge in [0.1, 0.15) is 12.4 Å². The van der Waals surface area contributed by atoms with E-state index >= 15 is 0 Å². The lowest BCUT2D eigenvalue weighted by atomic mass is 10.1. The molecule has 2 rings (SSSR count). The van der Waals surface area contributed by atoms with Gasteiger partial charge in [-0.05, 0) is 18.6 Å². The maximum atomic E-state index is 13.9. The first-order valence-corrected chi connectivity index (χ1v) is 6.70. The van der Waals surface area contributed by atoms with E-state index in [-0.39, 0.29) is 12.2 Å². The average Bonchev–Trinajstić information content (AvgIpc) is 2.48. The Labute approximate surface area is 122 Å². The molecule has 0 aliphatic rings. The number of aromatic nitrogens is 2. The summed E-state index contributed by atoms with van der Waals surface area (Å²) < 4.78 is 32.3. The Morgan fingerprint density at radius 1 is 1.24 bits per heavy atom. The molecular weight excluding hydrogens is 276 g/mol. The number of rotatable bonds is 6. The highest BCUT2D eigenvalue weighted by Crippen LogP contribution is 2.24. The normalized spacial score (nSPS) is 10.7. The van der Waals surface area contributed by atoms with E-state index in [0.29, 0.717) is 17.3 Å². The molecule has 4 nitrogen and oxygen atoms in total.